The highest BCUT2D eigenvalue weighted by molar-refractivity contribution is 9.10. The van der Waals surface area contributed by atoms with E-state index in [9.17, 15) is 17.6 Å². The van der Waals surface area contributed by atoms with E-state index in [1.54, 1.807) is 35.2 Å². The van der Waals surface area contributed by atoms with Crippen LogP contribution < -0.4 is 10.0 Å². The third-order valence-corrected chi connectivity index (χ3v) is 6.64. The minimum atomic E-state index is -3.60. The minimum absolute atomic E-state index is 0.107. The van der Waals surface area contributed by atoms with Gasteiger partial charge in [-0.25, -0.2) is 22.3 Å². The van der Waals surface area contributed by atoms with Crippen LogP contribution in [0, 0.1) is 12.7 Å². The molecule has 9 heteroatoms. The van der Waals surface area contributed by atoms with E-state index in [2.05, 4.69) is 26.0 Å². The lowest BCUT2D eigenvalue weighted by Crippen LogP contribution is -2.47. The maximum Gasteiger partial charge on any atom is 0.321 e. The fourth-order valence-electron chi connectivity index (χ4n) is 2.99. The molecule has 0 unspecified atom stereocenters. The number of likely N-dealkylation sites (tertiary alicyclic amines) is 1. The number of aryl methyl sites for hydroxylation is 1. The van der Waals surface area contributed by atoms with Crippen molar-refractivity contribution in [1.29, 1.82) is 0 Å². The summed E-state index contributed by atoms with van der Waals surface area (Å²) in [7, 11) is -3.60. The van der Waals surface area contributed by atoms with Gasteiger partial charge in [0.05, 0.1) is 10.6 Å². The summed E-state index contributed by atoms with van der Waals surface area (Å²) < 4.78 is 42.1. The minimum Gasteiger partial charge on any atom is -0.324 e. The molecule has 28 heavy (non-hydrogen) atoms. The first-order valence-electron chi connectivity index (χ1n) is 8.84. The van der Waals surface area contributed by atoms with Crippen molar-refractivity contribution in [1.82, 2.24) is 9.62 Å². The van der Waals surface area contributed by atoms with Crippen molar-refractivity contribution in [2.45, 2.75) is 30.7 Å². The molecule has 1 aliphatic heterocycles. The van der Waals surface area contributed by atoms with Gasteiger partial charge >= 0.3 is 6.03 Å². The predicted octanol–water partition coefficient (Wildman–Crippen LogP) is 3.87. The number of carbonyl (C=O) groups excluding carboxylic acids is 1. The van der Waals surface area contributed by atoms with E-state index < -0.39 is 21.9 Å². The van der Waals surface area contributed by atoms with Crippen LogP contribution in [0.1, 0.15) is 18.4 Å². The van der Waals surface area contributed by atoms with Gasteiger partial charge in [-0.15, -0.1) is 0 Å². The number of amides is 2. The third kappa shape index (κ3) is 5.09. The number of halogens is 2. The quantitative estimate of drug-likeness (QED) is 0.712. The molecule has 2 amide bonds. The summed E-state index contributed by atoms with van der Waals surface area (Å²) in [6, 6.07) is 10.4. The Morgan fingerprint density at radius 2 is 1.79 bits per heavy atom. The van der Waals surface area contributed by atoms with E-state index in [-0.39, 0.29) is 16.6 Å². The third-order valence-electron chi connectivity index (χ3n) is 4.61. The Balaban J connectivity index is 1.55. The molecule has 0 aliphatic carbocycles. The summed E-state index contributed by atoms with van der Waals surface area (Å²) in [6.07, 6.45) is 0.975. The summed E-state index contributed by atoms with van der Waals surface area (Å²) in [5.41, 5.74) is 1.09. The fourth-order valence-corrected chi connectivity index (χ4v) is 4.63. The number of carbonyl (C=O) groups is 1. The number of rotatable bonds is 4. The molecule has 1 saturated heterocycles. The molecule has 2 N–H and O–H groups in total. The van der Waals surface area contributed by atoms with Gasteiger partial charge in [-0.2, -0.15) is 0 Å². The average Bonchev–Trinajstić information content (AvgIpc) is 2.64. The van der Waals surface area contributed by atoms with Crippen LogP contribution in [0.3, 0.4) is 0 Å². The maximum absolute atomic E-state index is 13.9. The number of anilines is 1. The molecule has 0 atom stereocenters. The Morgan fingerprint density at radius 3 is 2.39 bits per heavy atom. The standard InChI is InChI=1S/C19H21BrFN3O3S/c1-13-2-5-16(6-3-13)28(26,27)23-15-8-10-24(11-9-15)19(25)22-18-7-4-14(20)12-17(18)21/h2-7,12,15,23H,8-11H2,1H3,(H,22,25). The van der Waals surface area contributed by atoms with Crippen LogP contribution in [0.2, 0.25) is 0 Å². The molecular weight excluding hydrogens is 449 g/mol. The number of hydrogen-bond donors (Lipinski definition) is 2. The molecule has 150 valence electrons. The van der Waals surface area contributed by atoms with Gasteiger partial charge in [0, 0.05) is 23.6 Å². The Bertz CT molecular complexity index is 959. The van der Waals surface area contributed by atoms with Gasteiger partial charge in [-0.1, -0.05) is 33.6 Å². The maximum atomic E-state index is 13.9. The van der Waals surface area contributed by atoms with Crippen molar-refractivity contribution in [3.8, 4) is 0 Å². The van der Waals surface area contributed by atoms with E-state index >= 15 is 0 Å². The first kappa shape index (κ1) is 20.8. The first-order valence-corrected chi connectivity index (χ1v) is 11.1. The molecule has 6 nitrogen and oxygen atoms in total. The van der Waals surface area contributed by atoms with Gasteiger partial charge in [0.25, 0.3) is 0 Å². The number of nitrogens with one attached hydrogen (secondary N) is 2. The molecule has 0 aromatic heterocycles. The largest absolute Gasteiger partial charge is 0.324 e. The molecule has 1 aliphatic rings. The molecule has 1 heterocycles. The molecule has 2 aromatic rings. The highest BCUT2D eigenvalue weighted by Crippen LogP contribution is 2.21. The Morgan fingerprint density at radius 1 is 1.14 bits per heavy atom. The number of sulfonamides is 1. The number of piperidine rings is 1. The van der Waals surface area contributed by atoms with Gasteiger partial charge in [-0.05, 0) is 50.1 Å². The lowest BCUT2D eigenvalue weighted by Gasteiger charge is -2.32. The zero-order chi connectivity index (χ0) is 20.3. The van der Waals surface area contributed by atoms with Gasteiger partial charge in [0.2, 0.25) is 10.0 Å². The second-order valence-corrected chi connectivity index (χ2v) is 9.38. The van der Waals surface area contributed by atoms with Gasteiger partial charge < -0.3 is 10.2 Å². The highest BCUT2D eigenvalue weighted by atomic mass is 79.9. The lowest BCUT2D eigenvalue weighted by molar-refractivity contribution is 0.193. The van der Waals surface area contributed by atoms with Crippen LogP contribution in [0.5, 0.6) is 0 Å². The van der Waals surface area contributed by atoms with Gasteiger partial charge in [0.1, 0.15) is 5.82 Å². The van der Waals surface area contributed by atoms with E-state index in [1.165, 1.54) is 12.1 Å². The Labute approximate surface area is 172 Å². The number of urea groups is 1. The van der Waals surface area contributed by atoms with E-state index in [0.29, 0.717) is 30.4 Å². The lowest BCUT2D eigenvalue weighted by atomic mass is 10.1. The summed E-state index contributed by atoms with van der Waals surface area (Å²) >= 11 is 3.17. The SMILES string of the molecule is Cc1ccc(S(=O)(=O)NC2CCN(C(=O)Nc3ccc(Br)cc3F)CC2)cc1. The van der Waals surface area contributed by atoms with Crippen LogP contribution in [0.15, 0.2) is 51.8 Å². The zero-order valence-corrected chi connectivity index (χ0v) is 17.7. The predicted molar refractivity (Wildman–Crippen MR) is 109 cm³/mol. The summed E-state index contributed by atoms with van der Waals surface area (Å²) in [4.78, 5) is 14.1. The normalized spacial score (nSPS) is 15.5. The van der Waals surface area contributed by atoms with E-state index in [1.807, 2.05) is 6.92 Å². The Kier molecular flexibility index (Phi) is 6.36. The smallest absolute Gasteiger partial charge is 0.321 e. The zero-order valence-electron chi connectivity index (χ0n) is 15.3. The fraction of sp³-hybridized carbons (Fsp3) is 0.316. The summed E-state index contributed by atoms with van der Waals surface area (Å²) in [5, 5.41) is 2.55. The molecule has 0 radical (unpaired) electrons. The first-order chi connectivity index (χ1) is 13.2. The second kappa shape index (κ2) is 8.59. The van der Waals surface area contributed by atoms with Crippen molar-refractivity contribution >= 4 is 37.7 Å². The van der Waals surface area contributed by atoms with Crippen LogP contribution in [-0.4, -0.2) is 38.5 Å². The summed E-state index contributed by atoms with van der Waals surface area (Å²) in [6.45, 7) is 2.65. The van der Waals surface area contributed by atoms with Crippen LogP contribution in [-0.2, 0) is 10.0 Å². The second-order valence-electron chi connectivity index (χ2n) is 6.75. The van der Waals surface area contributed by atoms with Crippen molar-refractivity contribution in [3.05, 3.63) is 58.3 Å². The van der Waals surface area contributed by atoms with Gasteiger partial charge in [0.15, 0.2) is 0 Å². The number of hydrogen-bond acceptors (Lipinski definition) is 3. The molecule has 0 spiro atoms. The van der Waals surface area contributed by atoms with Gasteiger partial charge in [-0.3, -0.25) is 0 Å². The Hall–Kier alpha value is -1.97. The molecule has 0 bridgehead atoms. The average molecular weight is 470 g/mol. The van der Waals surface area contributed by atoms with Crippen LogP contribution in [0.4, 0.5) is 14.9 Å². The van der Waals surface area contributed by atoms with Crippen LogP contribution >= 0.6 is 15.9 Å². The molecule has 3 rings (SSSR count). The van der Waals surface area contributed by atoms with Crippen molar-refractivity contribution in [2.75, 3.05) is 18.4 Å². The molecule has 1 fully saturated rings. The molecule has 0 saturated carbocycles. The van der Waals surface area contributed by atoms with Crippen molar-refractivity contribution < 1.29 is 17.6 Å². The monoisotopic (exact) mass is 469 g/mol. The number of nitrogens with zero attached hydrogens (tertiary/aromatic N) is 1. The summed E-state index contributed by atoms with van der Waals surface area (Å²) in [5.74, 6) is -0.525. The number of benzene rings is 2. The van der Waals surface area contributed by atoms with E-state index in [0.717, 1.165) is 5.56 Å². The van der Waals surface area contributed by atoms with Crippen LogP contribution in [0.25, 0.3) is 0 Å². The van der Waals surface area contributed by atoms with E-state index in [4.69, 9.17) is 0 Å². The topological polar surface area (TPSA) is 78.5 Å². The van der Waals surface area contributed by atoms with Crippen molar-refractivity contribution in [2.24, 2.45) is 0 Å². The van der Waals surface area contributed by atoms with Crippen molar-refractivity contribution in [3.63, 3.8) is 0 Å². The highest BCUT2D eigenvalue weighted by Gasteiger charge is 2.27. The molecular formula is C19H21BrFN3O3S. The molecule has 2 aromatic carbocycles.